The molecule has 1 saturated heterocycles. The van der Waals surface area contributed by atoms with Gasteiger partial charge in [-0.3, -0.25) is 19.6 Å². The number of ether oxygens (including phenoxy) is 1. The van der Waals surface area contributed by atoms with E-state index < -0.39 is 11.9 Å². The number of carbonyl (C=O) groups is 3. The van der Waals surface area contributed by atoms with Gasteiger partial charge in [0.2, 0.25) is 17.7 Å². The fourth-order valence-corrected chi connectivity index (χ4v) is 3.69. The number of benzene rings is 2. The van der Waals surface area contributed by atoms with Crippen LogP contribution in [-0.4, -0.2) is 64.9 Å². The Bertz CT molecular complexity index is 954. The summed E-state index contributed by atoms with van der Waals surface area (Å²) in [5, 5.41) is 8.54. The number of rotatable bonds is 8. The van der Waals surface area contributed by atoms with E-state index in [4.69, 9.17) is 15.7 Å². The molecule has 1 atom stereocenters. The molecule has 1 unspecified atom stereocenters. The van der Waals surface area contributed by atoms with Gasteiger partial charge >= 0.3 is 0 Å². The normalized spacial score (nSPS) is 14.5. The Morgan fingerprint density at radius 3 is 1.97 bits per heavy atom. The molecule has 4 N–H and O–H groups in total. The molecular formula is C24H30N4O5. The number of hydroxylamine groups is 1. The van der Waals surface area contributed by atoms with Crippen LogP contribution < -0.4 is 16.0 Å². The third kappa shape index (κ3) is 7.03. The fourth-order valence-electron chi connectivity index (χ4n) is 3.69. The SMILES string of the molecule is CC(=O)N1CCN(C(=O)C(N)Cc2ccc(Oc3ccc(CCC(=O)NO)cc3)cc2)CC1. The summed E-state index contributed by atoms with van der Waals surface area (Å²) < 4.78 is 5.85. The van der Waals surface area contributed by atoms with Crippen LogP contribution in [0.2, 0.25) is 0 Å². The zero-order valence-electron chi connectivity index (χ0n) is 18.7. The van der Waals surface area contributed by atoms with Crippen LogP contribution in [0.1, 0.15) is 24.5 Å². The lowest BCUT2D eigenvalue weighted by Gasteiger charge is -2.35. The van der Waals surface area contributed by atoms with Gasteiger partial charge in [0, 0.05) is 39.5 Å². The second kappa shape index (κ2) is 11.4. The molecule has 3 rings (SSSR count). The standard InChI is InChI=1S/C24H30N4O5/c1-17(29)27-12-14-28(15-13-27)24(31)22(25)16-19-4-9-21(10-5-19)33-20-7-2-18(3-8-20)6-11-23(30)26-32/h2-5,7-10,22,32H,6,11-16,25H2,1H3,(H,26,30). The molecule has 33 heavy (non-hydrogen) atoms. The smallest absolute Gasteiger partial charge is 0.243 e. The predicted octanol–water partition coefficient (Wildman–Crippen LogP) is 1.48. The van der Waals surface area contributed by atoms with E-state index in [1.165, 1.54) is 6.92 Å². The average Bonchev–Trinajstić information content (AvgIpc) is 2.84. The van der Waals surface area contributed by atoms with Crippen LogP contribution in [0.15, 0.2) is 48.5 Å². The van der Waals surface area contributed by atoms with Crippen LogP contribution in [0.25, 0.3) is 0 Å². The van der Waals surface area contributed by atoms with E-state index in [1.807, 2.05) is 48.5 Å². The number of nitrogens with two attached hydrogens (primary N) is 1. The van der Waals surface area contributed by atoms with Gasteiger partial charge in [0.1, 0.15) is 11.5 Å². The van der Waals surface area contributed by atoms with Gasteiger partial charge in [0.15, 0.2) is 0 Å². The van der Waals surface area contributed by atoms with Crippen molar-refractivity contribution >= 4 is 17.7 Å². The van der Waals surface area contributed by atoms with E-state index in [0.29, 0.717) is 50.5 Å². The van der Waals surface area contributed by atoms with Crippen molar-refractivity contribution in [3.63, 3.8) is 0 Å². The average molecular weight is 455 g/mol. The van der Waals surface area contributed by atoms with E-state index in [1.54, 1.807) is 15.3 Å². The van der Waals surface area contributed by atoms with E-state index in [0.717, 1.165) is 11.1 Å². The molecule has 176 valence electrons. The lowest BCUT2D eigenvalue weighted by atomic mass is 10.0. The quantitative estimate of drug-likeness (QED) is 0.410. The molecule has 2 aromatic carbocycles. The Kier molecular flexibility index (Phi) is 8.39. The second-order valence-corrected chi connectivity index (χ2v) is 8.07. The molecule has 1 fully saturated rings. The maximum atomic E-state index is 12.7. The predicted molar refractivity (Wildman–Crippen MR) is 122 cm³/mol. The molecule has 1 heterocycles. The molecule has 9 nitrogen and oxygen atoms in total. The zero-order chi connectivity index (χ0) is 23.8. The number of aryl methyl sites for hydroxylation is 1. The first-order chi connectivity index (χ1) is 15.9. The van der Waals surface area contributed by atoms with E-state index in [-0.39, 0.29) is 18.2 Å². The Morgan fingerprint density at radius 1 is 0.939 bits per heavy atom. The molecule has 0 bridgehead atoms. The van der Waals surface area contributed by atoms with Crippen LogP contribution in [-0.2, 0) is 27.2 Å². The molecule has 0 saturated carbocycles. The minimum Gasteiger partial charge on any atom is -0.457 e. The number of hydrogen-bond donors (Lipinski definition) is 3. The monoisotopic (exact) mass is 454 g/mol. The van der Waals surface area contributed by atoms with Crippen LogP contribution in [0.3, 0.4) is 0 Å². The largest absolute Gasteiger partial charge is 0.457 e. The Balaban J connectivity index is 1.48. The lowest BCUT2D eigenvalue weighted by Crippen LogP contribution is -2.54. The Hall–Kier alpha value is -3.43. The third-order valence-electron chi connectivity index (χ3n) is 5.66. The van der Waals surface area contributed by atoms with Crippen molar-refractivity contribution in [2.75, 3.05) is 26.2 Å². The molecule has 1 aliphatic rings. The number of hydrogen-bond acceptors (Lipinski definition) is 6. The first kappa shape index (κ1) is 24.2. The highest BCUT2D eigenvalue weighted by molar-refractivity contribution is 5.82. The molecule has 0 aliphatic carbocycles. The van der Waals surface area contributed by atoms with Crippen molar-refractivity contribution in [3.05, 3.63) is 59.7 Å². The lowest BCUT2D eigenvalue weighted by molar-refractivity contribution is -0.139. The molecule has 3 amide bonds. The highest BCUT2D eigenvalue weighted by atomic mass is 16.5. The van der Waals surface area contributed by atoms with Crippen LogP contribution in [0, 0.1) is 0 Å². The van der Waals surface area contributed by atoms with E-state index in [9.17, 15) is 14.4 Å². The molecule has 1 aliphatic heterocycles. The molecule has 0 spiro atoms. The van der Waals surface area contributed by atoms with Crippen LogP contribution in [0.4, 0.5) is 0 Å². The summed E-state index contributed by atoms with van der Waals surface area (Å²) >= 11 is 0. The van der Waals surface area contributed by atoms with Gasteiger partial charge in [-0.15, -0.1) is 0 Å². The second-order valence-electron chi connectivity index (χ2n) is 8.07. The fraction of sp³-hybridized carbons (Fsp3) is 0.375. The molecular weight excluding hydrogens is 424 g/mol. The summed E-state index contributed by atoms with van der Waals surface area (Å²) in [5.41, 5.74) is 9.67. The third-order valence-corrected chi connectivity index (χ3v) is 5.66. The molecule has 9 heteroatoms. The maximum Gasteiger partial charge on any atom is 0.243 e. The van der Waals surface area contributed by atoms with Crippen molar-refractivity contribution in [2.45, 2.75) is 32.2 Å². The summed E-state index contributed by atoms with van der Waals surface area (Å²) in [5.74, 6) is 0.820. The van der Waals surface area contributed by atoms with Gasteiger partial charge in [0.25, 0.3) is 0 Å². The van der Waals surface area contributed by atoms with Gasteiger partial charge in [-0.05, 0) is 48.2 Å². The number of amides is 3. The van der Waals surface area contributed by atoms with Gasteiger partial charge in [-0.1, -0.05) is 24.3 Å². The van der Waals surface area contributed by atoms with Crippen molar-refractivity contribution in [3.8, 4) is 11.5 Å². The van der Waals surface area contributed by atoms with Crippen molar-refractivity contribution < 1.29 is 24.3 Å². The summed E-state index contributed by atoms with van der Waals surface area (Å²) in [6, 6.07) is 14.2. The van der Waals surface area contributed by atoms with Crippen molar-refractivity contribution in [1.29, 1.82) is 0 Å². The number of piperazine rings is 1. The first-order valence-electron chi connectivity index (χ1n) is 10.9. The minimum absolute atomic E-state index is 0.0248. The molecule has 0 aromatic heterocycles. The molecule has 0 radical (unpaired) electrons. The van der Waals surface area contributed by atoms with Gasteiger partial charge in [-0.25, -0.2) is 5.48 Å². The topological polar surface area (TPSA) is 125 Å². The van der Waals surface area contributed by atoms with Crippen LogP contribution in [0.5, 0.6) is 11.5 Å². The van der Waals surface area contributed by atoms with Crippen molar-refractivity contribution in [2.24, 2.45) is 5.73 Å². The summed E-state index contributed by atoms with van der Waals surface area (Å²) in [4.78, 5) is 38.7. The number of carbonyl (C=O) groups excluding carboxylic acids is 3. The van der Waals surface area contributed by atoms with Crippen LogP contribution >= 0.6 is 0 Å². The van der Waals surface area contributed by atoms with Gasteiger partial charge < -0.3 is 20.3 Å². The number of nitrogens with one attached hydrogen (secondary N) is 1. The number of nitrogens with zero attached hydrogens (tertiary/aromatic N) is 2. The minimum atomic E-state index is -0.638. The highest BCUT2D eigenvalue weighted by Crippen LogP contribution is 2.23. The Morgan fingerprint density at radius 2 is 1.45 bits per heavy atom. The van der Waals surface area contributed by atoms with E-state index in [2.05, 4.69) is 0 Å². The summed E-state index contributed by atoms with van der Waals surface area (Å²) in [7, 11) is 0. The molecule has 2 aromatic rings. The van der Waals surface area contributed by atoms with Gasteiger partial charge in [0.05, 0.1) is 6.04 Å². The van der Waals surface area contributed by atoms with Gasteiger partial charge in [-0.2, -0.15) is 0 Å². The first-order valence-corrected chi connectivity index (χ1v) is 10.9. The van der Waals surface area contributed by atoms with Crippen molar-refractivity contribution in [1.82, 2.24) is 15.3 Å². The summed E-state index contributed by atoms with van der Waals surface area (Å²) in [6.07, 6.45) is 1.15. The summed E-state index contributed by atoms with van der Waals surface area (Å²) in [6.45, 7) is 3.63. The Labute approximate surface area is 193 Å². The zero-order valence-corrected chi connectivity index (χ0v) is 18.7. The highest BCUT2D eigenvalue weighted by Gasteiger charge is 2.26. The van der Waals surface area contributed by atoms with E-state index >= 15 is 0 Å². The maximum absolute atomic E-state index is 12.7.